The van der Waals surface area contributed by atoms with E-state index in [4.69, 9.17) is 9.84 Å². The summed E-state index contributed by atoms with van der Waals surface area (Å²) >= 11 is 0. The summed E-state index contributed by atoms with van der Waals surface area (Å²) in [7, 11) is 0. The molecule has 0 aliphatic rings. The number of carboxylic acids is 1. The molecule has 1 N–H and O–H groups in total. The van der Waals surface area contributed by atoms with E-state index in [-0.39, 0.29) is 23.5 Å². The van der Waals surface area contributed by atoms with Gasteiger partial charge in [0.1, 0.15) is 17.7 Å². The van der Waals surface area contributed by atoms with E-state index in [0.717, 1.165) is 6.07 Å². The van der Waals surface area contributed by atoms with Crippen LogP contribution in [0.2, 0.25) is 0 Å². The number of benzene rings is 1. The highest BCUT2D eigenvalue weighted by atomic mass is 19.1. The van der Waals surface area contributed by atoms with Crippen LogP contribution in [0.25, 0.3) is 0 Å². The second kappa shape index (κ2) is 5.43. The van der Waals surface area contributed by atoms with Gasteiger partial charge >= 0.3 is 5.97 Å². The van der Waals surface area contributed by atoms with Crippen molar-refractivity contribution in [2.75, 3.05) is 0 Å². The quantitative estimate of drug-likeness (QED) is 0.802. The third-order valence-electron chi connectivity index (χ3n) is 2.12. The fraction of sp³-hybridized carbons (Fsp3) is 0.333. The summed E-state index contributed by atoms with van der Waals surface area (Å²) in [6, 6.07) is 3.84. The molecule has 0 saturated carbocycles. The minimum absolute atomic E-state index is 0.0109. The number of halogens is 1. The van der Waals surface area contributed by atoms with Crippen LogP contribution in [0, 0.1) is 5.82 Å². The number of hydrogen-bond acceptors (Lipinski definition) is 3. The molecule has 0 amide bonds. The van der Waals surface area contributed by atoms with Gasteiger partial charge in [-0.2, -0.15) is 0 Å². The maximum Gasteiger partial charge on any atom is 0.307 e. The van der Waals surface area contributed by atoms with Crippen LogP contribution in [0.1, 0.15) is 30.6 Å². The van der Waals surface area contributed by atoms with E-state index >= 15 is 0 Å². The van der Waals surface area contributed by atoms with Crippen molar-refractivity contribution in [3.05, 3.63) is 29.6 Å². The number of rotatable bonds is 5. The first kappa shape index (κ1) is 13.2. The monoisotopic (exact) mass is 240 g/mol. The van der Waals surface area contributed by atoms with Crippen LogP contribution in [0.5, 0.6) is 5.75 Å². The Labute approximate surface area is 98.0 Å². The highest BCUT2D eigenvalue weighted by Gasteiger charge is 2.12. The molecule has 0 spiro atoms. The zero-order valence-corrected chi connectivity index (χ0v) is 9.57. The SMILES string of the molecule is CC(=O)c1ccc(O[C@@H](C)CC(=O)O)cc1F. The Hall–Kier alpha value is -1.91. The third-order valence-corrected chi connectivity index (χ3v) is 2.12. The maximum atomic E-state index is 13.4. The van der Waals surface area contributed by atoms with Crippen molar-refractivity contribution in [2.45, 2.75) is 26.4 Å². The summed E-state index contributed by atoms with van der Waals surface area (Å²) in [5.41, 5.74) is -0.0109. The van der Waals surface area contributed by atoms with Crippen LogP contribution in [-0.4, -0.2) is 23.0 Å². The Balaban J connectivity index is 2.77. The second-order valence-corrected chi connectivity index (χ2v) is 3.72. The Bertz CT molecular complexity index is 442. The van der Waals surface area contributed by atoms with Crippen LogP contribution in [-0.2, 0) is 4.79 Å². The summed E-state index contributed by atoms with van der Waals surface area (Å²) in [6.45, 7) is 2.84. The van der Waals surface area contributed by atoms with Gasteiger partial charge in [0.15, 0.2) is 5.78 Å². The molecule has 1 aromatic rings. The van der Waals surface area contributed by atoms with E-state index in [1.54, 1.807) is 6.92 Å². The topological polar surface area (TPSA) is 63.6 Å². The number of hydrogen-bond donors (Lipinski definition) is 1. The molecule has 5 heteroatoms. The lowest BCUT2D eigenvalue weighted by Crippen LogP contribution is -2.16. The average molecular weight is 240 g/mol. The van der Waals surface area contributed by atoms with Gasteiger partial charge in [-0.05, 0) is 26.0 Å². The van der Waals surface area contributed by atoms with Crippen molar-refractivity contribution in [1.82, 2.24) is 0 Å². The highest BCUT2D eigenvalue weighted by Crippen LogP contribution is 2.18. The lowest BCUT2D eigenvalue weighted by Gasteiger charge is -2.13. The molecule has 1 aromatic carbocycles. The van der Waals surface area contributed by atoms with Gasteiger partial charge < -0.3 is 9.84 Å². The highest BCUT2D eigenvalue weighted by molar-refractivity contribution is 5.94. The molecule has 0 heterocycles. The van der Waals surface area contributed by atoms with E-state index in [9.17, 15) is 14.0 Å². The van der Waals surface area contributed by atoms with E-state index in [2.05, 4.69) is 0 Å². The predicted octanol–water partition coefficient (Wildman–Crippen LogP) is 2.27. The van der Waals surface area contributed by atoms with Crippen molar-refractivity contribution in [3.63, 3.8) is 0 Å². The van der Waals surface area contributed by atoms with Crippen LogP contribution >= 0.6 is 0 Å². The fourth-order valence-electron chi connectivity index (χ4n) is 1.37. The number of carbonyl (C=O) groups excluding carboxylic acids is 1. The van der Waals surface area contributed by atoms with E-state index < -0.39 is 17.9 Å². The molecule has 0 saturated heterocycles. The molecular formula is C12H13FO4. The normalized spacial score (nSPS) is 11.9. The zero-order valence-electron chi connectivity index (χ0n) is 9.57. The van der Waals surface area contributed by atoms with Gasteiger partial charge in [-0.3, -0.25) is 9.59 Å². The molecule has 0 fully saturated rings. The molecule has 0 aliphatic carbocycles. The lowest BCUT2D eigenvalue weighted by molar-refractivity contribution is -0.138. The number of ketones is 1. The molecule has 4 nitrogen and oxygen atoms in total. The summed E-state index contributed by atoms with van der Waals surface area (Å²) in [5, 5.41) is 8.53. The van der Waals surface area contributed by atoms with Crippen molar-refractivity contribution in [3.8, 4) is 5.75 Å². The molecule has 0 bridgehead atoms. The molecule has 1 atom stereocenters. The number of carbonyl (C=O) groups is 2. The van der Waals surface area contributed by atoms with Gasteiger partial charge in [0.25, 0.3) is 0 Å². The van der Waals surface area contributed by atoms with Crippen molar-refractivity contribution < 1.29 is 23.8 Å². The van der Waals surface area contributed by atoms with Gasteiger partial charge in [0.2, 0.25) is 0 Å². The Kier molecular flexibility index (Phi) is 4.20. The average Bonchev–Trinajstić information content (AvgIpc) is 2.15. The van der Waals surface area contributed by atoms with Gasteiger partial charge in [-0.1, -0.05) is 0 Å². The largest absolute Gasteiger partial charge is 0.490 e. The standard InChI is InChI=1S/C12H13FO4/c1-7(5-12(15)16)17-9-3-4-10(8(2)14)11(13)6-9/h3-4,6-7H,5H2,1-2H3,(H,15,16)/t7-/m0/s1. The van der Waals surface area contributed by atoms with Crippen LogP contribution in [0.15, 0.2) is 18.2 Å². The van der Waals surface area contributed by atoms with Gasteiger partial charge in [0.05, 0.1) is 12.0 Å². The van der Waals surface area contributed by atoms with E-state index in [1.807, 2.05) is 0 Å². The van der Waals surface area contributed by atoms with Crippen molar-refractivity contribution >= 4 is 11.8 Å². The molecule has 0 aromatic heterocycles. The number of carboxylic acid groups (broad SMARTS) is 1. The van der Waals surface area contributed by atoms with E-state index in [1.165, 1.54) is 19.1 Å². The number of ether oxygens (including phenoxy) is 1. The van der Waals surface area contributed by atoms with Gasteiger partial charge in [-0.25, -0.2) is 4.39 Å². The van der Waals surface area contributed by atoms with Crippen LogP contribution in [0.3, 0.4) is 0 Å². The smallest absolute Gasteiger partial charge is 0.307 e. The second-order valence-electron chi connectivity index (χ2n) is 3.72. The van der Waals surface area contributed by atoms with Crippen molar-refractivity contribution in [2.24, 2.45) is 0 Å². The Morgan fingerprint density at radius 3 is 2.59 bits per heavy atom. The zero-order chi connectivity index (χ0) is 13.0. The third kappa shape index (κ3) is 3.86. The fourth-order valence-corrected chi connectivity index (χ4v) is 1.37. The Morgan fingerprint density at radius 2 is 2.12 bits per heavy atom. The maximum absolute atomic E-state index is 13.4. The van der Waals surface area contributed by atoms with Crippen LogP contribution in [0.4, 0.5) is 4.39 Å². The first-order valence-electron chi connectivity index (χ1n) is 5.09. The minimum Gasteiger partial charge on any atom is -0.490 e. The lowest BCUT2D eigenvalue weighted by atomic mass is 10.1. The number of aliphatic carboxylic acids is 1. The first-order valence-corrected chi connectivity index (χ1v) is 5.09. The molecule has 0 aliphatic heterocycles. The summed E-state index contributed by atoms with van der Waals surface area (Å²) in [4.78, 5) is 21.4. The summed E-state index contributed by atoms with van der Waals surface area (Å²) in [6.07, 6.45) is -0.731. The molecule has 0 radical (unpaired) electrons. The molecule has 17 heavy (non-hydrogen) atoms. The predicted molar refractivity (Wildman–Crippen MR) is 58.7 cm³/mol. The Morgan fingerprint density at radius 1 is 1.47 bits per heavy atom. The summed E-state index contributed by atoms with van der Waals surface area (Å²) < 4.78 is 18.6. The molecule has 1 rings (SSSR count). The first-order chi connectivity index (χ1) is 7.90. The van der Waals surface area contributed by atoms with Crippen molar-refractivity contribution in [1.29, 1.82) is 0 Å². The van der Waals surface area contributed by atoms with Gasteiger partial charge in [-0.15, -0.1) is 0 Å². The van der Waals surface area contributed by atoms with Crippen LogP contribution < -0.4 is 4.74 Å². The van der Waals surface area contributed by atoms with E-state index in [0.29, 0.717) is 0 Å². The summed E-state index contributed by atoms with van der Waals surface area (Å²) in [5.74, 6) is -1.82. The molecular weight excluding hydrogens is 227 g/mol. The molecule has 92 valence electrons. The number of Topliss-reactive ketones (excluding diaryl/α,β-unsaturated/α-hetero) is 1. The minimum atomic E-state index is -0.988. The molecule has 0 unspecified atom stereocenters. The van der Waals surface area contributed by atoms with Gasteiger partial charge in [0, 0.05) is 6.07 Å².